The van der Waals surface area contributed by atoms with E-state index in [1.54, 1.807) is 6.92 Å². The van der Waals surface area contributed by atoms with Crippen LogP contribution < -0.4 is 0 Å². The molecule has 66 valence electrons. The molecule has 0 aromatic heterocycles. The monoisotopic (exact) mass is 226 g/mol. The van der Waals surface area contributed by atoms with Crippen molar-refractivity contribution >= 4 is 21.9 Å². The Morgan fingerprint density at radius 2 is 2.36 bits per heavy atom. The van der Waals surface area contributed by atoms with Gasteiger partial charge < -0.3 is 14.6 Å². The van der Waals surface area contributed by atoms with Crippen molar-refractivity contribution in [2.45, 2.75) is 13.2 Å². The molecule has 4 nitrogen and oxygen atoms in total. The van der Waals surface area contributed by atoms with E-state index in [4.69, 9.17) is 9.84 Å². The van der Waals surface area contributed by atoms with Crippen molar-refractivity contribution in [3.63, 3.8) is 0 Å². The Balaban J connectivity index is 3.29. The number of halogens is 1. The molecular formula is C6H11BrO4. The molecule has 0 bridgehead atoms. The van der Waals surface area contributed by atoms with Gasteiger partial charge in [-0.3, -0.25) is 4.79 Å². The van der Waals surface area contributed by atoms with Crippen molar-refractivity contribution < 1.29 is 19.4 Å². The molecule has 0 aromatic rings. The second kappa shape index (κ2) is 6.57. The van der Waals surface area contributed by atoms with E-state index in [1.165, 1.54) is 0 Å². The molecular weight excluding hydrogens is 216 g/mol. The van der Waals surface area contributed by atoms with E-state index in [2.05, 4.69) is 20.7 Å². The minimum atomic E-state index is -1.01. The topological polar surface area (TPSA) is 55.8 Å². The number of aliphatic hydroxyl groups excluding tert-OH is 1. The molecule has 0 heterocycles. The summed E-state index contributed by atoms with van der Waals surface area (Å²) in [6.07, 6.45) is -1.01. The predicted octanol–water partition coefficient (Wildman–Crippen LogP) is 0.279. The smallest absolute Gasteiger partial charge is 0.316 e. The summed E-state index contributed by atoms with van der Waals surface area (Å²) in [5, 5.41) is 9.01. The molecule has 0 amide bonds. The zero-order valence-corrected chi connectivity index (χ0v) is 7.83. The highest BCUT2D eigenvalue weighted by Crippen LogP contribution is 1.91. The molecule has 0 aliphatic rings. The second-order valence-electron chi connectivity index (χ2n) is 1.73. The van der Waals surface area contributed by atoms with Crippen LogP contribution in [0, 0.1) is 0 Å². The third-order valence-electron chi connectivity index (χ3n) is 0.855. The Bertz CT molecular complexity index is 117. The molecule has 0 saturated carbocycles. The standard InChI is InChI=1S/C6H11BrO4/c1-2-10-6(9)4-11-5(8)3-7/h6,9H,2-4H2,1H3. The van der Waals surface area contributed by atoms with E-state index in [0.717, 1.165) is 0 Å². The summed E-state index contributed by atoms with van der Waals surface area (Å²) in [6, 6.07) is 0. The number of hydrogen-bond acceptors (Lipinski definition) is 4. The first-order chi connectivity index (χ1) is 5.20. The minimum Gasteiger partial charge on any atom is -0.460 e. The number of esters is 1. The molecule has 0 rings (SSSR count). The van der Waals surface area contributed by atoms with Gasteiger partial charge in [0.2, 0.25) is 0 Å². The lowest BCUT2D eigenvalue weighted by Gasteiger charge is -2.09. The molecule has 1 N–H and O–H groups in total. The molecule has 0 saturated heterocycles. The van der Waals surface area contributed by atoms with E-state index in [-0.39, 0.29) is 11.9 Å². The first-order valence-corrected chi connectivity index (χ1v) is 4.34. The maximum atomic E-state index is 10.5. The fourth-order valence-corrected chi connectivity index (χ4v) is 0.605. The van der Waals surface area contributed by atoms with E-state index in [9.17, 15) is 4.79 Å². The Morgan fingerprint density at radius 3 is 2.82 bits per heavy atom. The van der Waals surface area contributed by atoms with Crippen LogP contribution in [0.25, 0.3) is 0 Å². The van der Waals surface area contributed by atoms with Gasteiger partial charge in [0.15, 0.2) is 6.29 Å². The zero-order chi connectivity index (χ0) is 8.69. The summed E-state index contributed by atoms with van der Waals surface area (Å²) in [6.45, 7) is 2.03. The van der Waals surface area contributed by atoms with Gasteiger partial charge in [0.25, 0.3) is 0 Å². The molecule has 0 aliphatic heterocycles. The maximum absolute atomic E-state index is 10.5. The van der Waals surface area contributed by atoms with Crippen LogP contribution in [0.1, 0.15) is 6.92 Å². The third kappa shape index (κ3) is 6.28. The van der Waals surface area contributed by atoms with E-state index in [1.807, 2.05) is 0 Å². The molecule has 0 spiro atoms. The van der Waals surface area contributed by atoms with E-state index < -0.39 is 12.3 Å². The number of ether oxygens (including phenoxy) is 2. The Labute approximate surface area is 73.6 Å². The maximum Gasteiger partial charge on any atom is 0.316 e. The lowest BCUT2D eigenvalue weighted by molar-refractivity contribution is -0.162. The van der Waals surface area contributed by atoms with Crippen molar-refractivity contribution in [1.29, 1.82) is 0 Å². The number of rotatable bonds is 5. The molecule has 0 aliphatic carbocycles. The summed E-state index contributed by atoms with van der Waals surface area (Å²) >= 11 is 2.91. The van der Waals surface area contributed by atoms with Crippen molar-refractivity contribution in [2.24, 2.45) is 0 Å². The van der Waals surface area contributed by atoms with Crippen LogP contribution in [0.3, 0.4) is 0 Å². The highest BCUT2D eigenvalue weighted by atomic mass is 79.9. The van der Waals surface area contributed by atoms with Crippen LogP contribution in [0.2, 0.25) is 0 Å². The largest absolute Gasteiger partial charge is 0.460 e. The Hall–Kier alpha value is -0.130. The van der Waals surface area contributed by atoms with Gasteiger partial charge in [0.05, 0.1) is 0 Å². The first-order valence-electron chi connectivity index (χ1n) is 3.22. The van der Waals surface area contributed by atoms with Crippen molar-refractivity contribution in [3.8, 4) is 0 Å². The van der Waals surface area contributed by atoms with Crippen molar-refractivity contribution in [3.05, 3.63) is 0 Å². The quantitative estimate of drug-likeness (QED) is 0.416. The average Bonchev–Trinajstić information content (AvgIpc) is 2.01. The molecule has 0 aromatic carbocycles. The van der Waals surface area contributed by atoms with Crippen LogP contribution in [0.5, 0.6) is 0 Å². The fraction of sp³-hybridized carbons (Fsp3) is 0.833. The molecule has 1 atom stereocenters. The van der Waals surface area contributed by atoms with Crippen molar-refractivity contribution in [1.82, 2.24) is 0 Å². The van der Waals surface area contributed by atoms with Gasteiger partial charge in [0, 0.05) is 6.61 Å². The van der Waals surface area contributed by atoms with Gasteiger partial charge in [0.1, 0.15) is 11.9 Å². The van der Waals surface area contributed by atoms with Crippen LogP contribution in [0.15, 0.2) is 0 Å². The number of alkyl halides is 1. The Morgan fingerprint density at radius 1 is 1.73 bits per heavy atom. The van der Waals surface area contributed by atoms with Gasteiger partial charge >= 0.3 is 5.97 Å². The van der Waals surface area contributed by atoms with Crippen molar-refractivity contribution in [2.75, 3.05) is 18.5 Å². The minimum absolute atomic E-state index is 0.113. The fourth-order valence-electron chi connectivity index (χ4n) is 0.443. The number of carbonyl (C=O) groups excluding carboxylic acids is 1. The van der Waals surface area contributed by atoms with Crippen LogP contribution >= 0.6 is 15.9 Å². The van der Waals surface area contributed by atoms with Crippen LogP contribution in [-0.2, 0) is 14.3 Å². The average molecular weight is 227 g/mol. The zero-order valence-electron chi connectivity index (χ0n) is 6.25. The van der Waals surface area contributed by atoms with Gasteiger partial charge in [-0.05, 0) is 6.92 Å². The lowest BCUT2D eigenvalue weighted by atomic mass is 10.6. The molecule has 11 heavy (non-hydrogen) atoms. The third-order valence-corrected chi connectivity index (χ3v) is 1.31. The Kier molecular flexibility index (Phi) is 6.49. The lowest BCUT2D eigenvalue weighted by Crippen LogP contribution is -2.21. The first kappa shape index (κ1) is 10.9. The van der Waals surface area contributed by atoms with Gasteiger partial charge in [-0.1, -0.05) is 15.9 Å². The van der Waals surface area contributed by atoms with Gasteiger partial charge in [-0.25, -0.2) is 0 Å². The number of aliphatic hydroxyl groups is 1. The second-order valence-corrected chi connectivity index (χ2v) is 2.29. The predicted molar refractivity (Wildman–Crippen MR) is 42.4 cm³/mol. The van der Waals surface area contributed by atoms with E-state index in [0.29, 0.717) is 6.61 Å². The molecule has 0 radical (unpaired) electrons. The SMILES string of the molecule is CCOC(O)COC(=O)CBr. The summed E-state index contributed by atoms with van der Waals surface area (Å²) in [4.78, 5) is 10.5. The normalized spacial score (nSPS) is 12.6. The highest BCUT2D eigenvalue weighted by Gasteiger charge is 2.05. The van der Waals surface area contributed by atoms with E-state index >= 15 is 0 Å². The number of hydrogen-bond donors (Lipinski definition) is 1. The summed E-state index contributed by atoms with van der Waals surface area (Å²) < 4.78 is 9.24. The molecule has 0 fully saturated rings. The number of carbonyl (C=O) groups is 1. The molecule has 1 unspecified atom stereocenters. The van der Waals surface area contributed by atoms with Crippen LogP contribution in [0.4, 0.5) is 0 Å². The molecule has 5 heteroatoms. The highest BCUT2D eigenvalue weighted by molar-refractivity contribution is 9.09. The summed E-state index contributed by atoms with van der Waals surface area (Å²) in [5.74, 6) is -0.413. The summed E-state index contributed by atoms with van der Waals surface area (Å²) in [7, 11) is 0. The van der Waals surface area contributed by atoms with Gasteiger partial charge in [-0.2, -0.15) is 0 Å². The summed E-state index contributed by atoms with van der Waals surface area (Å²) in [5.41, 5.74) is 0. The van der Waals surface area contributed by atoms with Gasteiger partial charge in [-0.15, -0.1) is 0 Å². The van der Waals surface area contributed by atoms with Crippen LogP contribution in [-0.4, -0.2) is 35.9 Å².